The predicted molar refractivity (Wildman–Crippen MR) is 217 cm³/mol. The molecule has 2 aliphatic rings. The fraction of sp³-hybridized carbons (Fsp3) is 0.400. The van der Waals surface area contributed by atoms with Crippen LogP contribution in [0.1, 0.15) is 42.5 Å². The smallest absolute Gasteiger partial charge is 0.235 e. The maximum absolute atomic E-state index is 14.5. The number of carbonyl (C=O) groups excluding carboxylic acids is 1. The number of benzene rings is 4. The lowest BCUT2D eigenvalue weighted by Crippen LogP contribution is -2.58. The molecule has 0 spiro atoms. The van der Waals surface area contributed by atoms with Gasteiger partial charge in [0.2, 0.25) is 5.91 Å². The summed E-state index contributed by atoms with van der Waals surface area (Å²) in [6, 6.07) is 30.2. The zero-order chi connectivity index (χ0) is 41.1. The fourth-order valence-electron chi connectivity index (χ4n) is 7.39. The fourth-order valence-corrected chi connectivity index (χ4v) is 9.07. The summed E-state index contributed by atoms with van der Waals surface area (Å²) in [6.45, 7) is 4.36. The third kappa shape index (κ3) is 10.8. The molecule has 0 saturated carbocycles. The number of amides is 1. The number of thioether (sulfide) groups is 1. The average Bonchev–Trinajstić information content (AvgIpc) is 3.77. The second-order valence-corrected chi connectivity index (χ2v) is 16.0. The molecule has 1 amide bonds. The summed E-state index contributed by atoms with van der Waals surface area (Å²) in [5.74, 6) is -4.28. The molecule has 59 heavy (non-hydrogen) atoms. The monoisotopic (exact) mass is 830 g/mol. The van der Waals surface area contributed by atoms with Gasteiger partial charge in [0.05, 0.1) is 37.9 Å². The summed E-state index contributed by atoms with van der Waals surface area (Å²) in [7, 11) is 1.80. The summed E-state index contributed by atoms with van der Waals surface area (Å²) >= 11 is 1.42. The molecule has 5 aromatic rings. The molecule has 6 atom stereocenters. The van der Waals surface area contributed by atoms with E-state index in [1.165, 1.54) is 11.8 Å². The maximum atomic E-state index is 14.5. The van der Waals surface area contributed by atoms with Gasteiger partial charge in [0.15, 0.2) is 17.5 Å². The lowest BCUT2D eigenvalue weighted by atomic mass is 9.95. The largest absolute Gasteiger partial charge is 0.381 e. The van der Waals surface area contributed by atoms with Gasteiger partial charge in [0, 0.05) is 32.4 Å². The van der Waals surface area contributed by atoms with Crippen molar-refractivity contribution in [2.75, 3.05) is 33.4 Å². The van der Waals surface area contributed by atoms with Gasteiger partial charge in [0.1, 0.15) is 35.5 Å². The van der Waals surface area contributed by atoms with Gasteiger partial charge in [-0.15, -0.1) is 16.9 Å². The SMILES string of the molecule is CCN(C)C(=O)C(S[C@@H]1O[C@H](COCc2ccccc2)[C@H](OCc2ccccc2)[C@H](n2cc(-c3cc(F)c(F)c(F)c3)nn2)[C@H]1OCc1ccccc1)C1CCOCC1. The first kappa shape index (κ1) is 42.6. The topological polar surface area (TPSA) is 97.2 Å². The molecule has 312 valence electrons. The lowest BCUT2D eigenvalue weighted by molar-refractivity contribution is -0.218. The molecule has 0 bridgehead atoms. The highest BCUT2D eigenvalue weighted by Crippen LogP contribution is 2.43. The van der Waals surface area contributed by atoms with Crippen molar-refractivity contribution < 1.29 is 41.7 Å². The normalized spacial score (nSPS) is 21.6. The van der Waals surface area contributed by atoms with E-state index in [0.29, 0.717) is 39.2 Å². The molecule has 7 rings (SSSR count). The van der Waals surface area contributed by atoms with Crippen LogP contribution in [0.25, 0.3) is 11.3 Å². The molecular weight excluding hydrogens is 782 g/mol. The highest BCUT2D eigenvalue weighted by atomic mass is 32.2. The van der Waals surface area contributed by atoms with Crippen molar-refractivity contribution in [1.29, 1.82) is 0 Å². The van der Waals surface area contributed by atoms with Gasteiger partial charge in [-0.2, -0.15) is 0 Å². The molecule has 3 heterocycles. The van der Waals surface area contributed by atoms with Crippen LogP contribution in [0, 0.1) is 23.4 Å². The number of hydrogen-bond donors (Lipinski definition) is 0. The minimum atomic E-state index is -1.57. The van der Waals surface area contributed by atoms with E-state index in [4.69, 9.17) is 23.7 Å². The van der Waals surface area contributed by atoms with E-state index in [1.807, 2.05) is 97.9 Å². The first-order chi connectivity index (χ1) is 28.8. The predicted octanol–water partition coefficient (Wildman–Crippen LogP) is 8.02. The van der Waals surface area contributed by atoms with E-state index in [1.54, 1.807) is 22.8 Å². The summed E-state index contributed by atoms with van der Waals surface area (Å²) in [6.07, 6.45) is 0.645. The Morgan fingerprint density at radius 1 is 0.847 bits per heavy atom. The molecule has 2 saturated heterocycles. The number of ether oxygens (including phenoxy) is 5. The Morgan fingerprint density at radius 2 is 1.41 bits per heavy atom. The van der Waals surface area contributed by atoms with Gasteiger partial charge in [-0.05, 0) is 54.5 Å². The van der Waals surface area contributed by atoms with E-state index in [2.05, 4.69) is 10.3 Å². The zero-order valence-corrected chi connectivity index (χ0v) is 33.9. The number of hydrogen-bond acceptors (Lipinski definition) is 9. The molecule has 1 aromatic heterocycles. The third-order valence-corrected chi connectivity index (χ3v) is 12.3. The van der Waals surface area contributed by atoms with Gasteiger partial charge >= 0.3 is 0 Å². The molecule has 10 nitrogen and oxygen atoms in total. The highest BCUT2D eigenvalue weighted by Gasteiger charge is 2.51. The summed E-state index contributed by atoms with van der Waals surface area (Å²) in [5, 5.41) is 8.34. The number of nitrogens with zero attached hydrogens (tertiary/aromatic N) is 4. The quantitative estimate of drug-likeness (QED) is 0.0864. The van der Waals surface area contributed by atoms with Gasteiger partial charge < -0.3 is 28.6 Å². The Balaban J connectivity index is 1.32. The van der Waals surface area contributed by atoms with Crippen molar-refractivity contribution >= 4 is 17.7 Å². The van der Waals surface area contributed by atoms with Gasteiger partial charge in [0.25, 0.3) is 0 Å². The molecule has 2 aliphatic heterocycles. The van der Waals surface area contributed by atoms with Crippen LogP contribution in [-0.2, 0) is 48.3 Å². The second kappa shape index (κ2) is 20.6. The van der Waals surface area contributed by atoms with Crippen LogP contribution >= 0.6 is 11.8 Å². The van der Waals surface area contributed by atoms with Crippen molar-refractivity contribution in [3.63, 3.8) is 0 Å². The van der Waals surface area contributed by atoms with Crippen molar-refractivity contribution in [3.05, 3.63) is 143 Å². The van der Waals surface area contributed by atoms with Gasteiger partial charge in [-0.25, -0.2) is 17.9 Å². The summed E-state index contributed by atoms with van der Waals surface area (Å²) in [4.78, 5) is 16.0. The second-order valence-electron chi connectivity index (χ2n) is 14.8. The van der Waals surface area contributed by atoms with Crippen molar-refractivity contribution in [2.45, 2.75) is 74.6 Å². The van der Waals surface area contributed by atoms with Gasteiger partial charge in [-0.3, -0.25) is 4.79 Å². The van der Waals surface area contributed by atoms with Crippen LogP contribution in [0.5, 0.6) is 0 Å². The number of carbonyl (C=O) groups is 1. The molecular formula is C45H49F3N4O6S. The standard InChI is InChI=1S/C45H49F3N4O6S/c1-3-51(2)44(53)43(33-19-21-54-22-20-33)59-45-42(57-28-32-17-11-6-12-18-32)40(52-25-37(49-50-52)34-23-35(46)39(48)36(47)24-34)41(56-27-31-15-9-5-10-16-31)38(58-45)29-55-26-30-13-7-4-8-14-30/h4-18,23-25,33,38,40-43,45H,3,19-22,26-29H2,1-2H3/t38-,40+,41+,42-,43?,45+/m1/s1. The van der Waals surface area contributed by atoms with Crippen LogP contribution in [0.2, 0.25) is 0 Å². The third-order valence-electron chi connectivity index (χ3n) is 10.7. The van der Waals surface area contributed by atoms with E-state index in [0.717, 1.165) is 28.8 Å². The molecule has 1 unspecified atom stereocenters. The molecule has 4 aromatic carbocycles. The Hall–Kier alpha value is -4.57. The zero-order valence-electron chi connectivity index (χ0n) is 33.1. The highest BCUT2D eigenvalue weighted by molar-refractivity contribution is 8.01. The minimum Gasteiger partial charge on any atom is -0.381 e. The van der Waals surface area contributed by atoms with E-state index >= 15 is 0 Å². The summed E-state index contributed by atoms with van der Waals surface area (Å²) < 4.78 is 77.6. The first-order valence-electron chi connectivity index (χ1n) is 19.9. The van der Waals surface area contributed by atoms with Gasteiger partial charge in [-0.1, -0.05) is 96.2 Å². The van der Waals surface area contributed by atoms with Crippen molar-refractivity contribution in [2.24, 2.45) is 5.92 Å². The minimum absolute atomic E-state index is 0.00432. The van der Waals surface area contributed by atoms with Crippen LogP contribution in [-0.4, -0.2) is 88.2 Å². The average molecular weight is 831 g/mol. The Morgan fingerprint density at radius 3 is 1.98 bits per heavy atom. The lowest BCUT2D eigenvalue weighted by Gasteiger charge is -2.47. The van der Waals surface area contributed by atoms with E-state index in [9.17, 15) is 18.0 Å². The van der Waals surface area contributed by atoms with Crippen molar-refractivity contribution in [3.8, 4) is 11.3 Å². The first-order valence-corrected chi connectivity index (χ1v) is 20.9. The molecule has 0 N–H and O–H groups in total. The molecule has 0 aliphatic carbocycles. The number of aromatic nitrogens is 3. The Kier molecular flexibility index (Phi) is 14.9. The maximum Gasteiger partial charge on any atom is 0.235 e. The van der Waals surface area contributed by atoms with Crippen LogP contribution in [0.15, 0.2) is 109 Å². The molecule has 14 heteroatoms. The molecule has 2 fully saturated rings. The van der Waals surface area contributed by atoms with Crippen LogP contribution < -0.4 is 0 Å². The van der Waals surface area contributed by atoms with Crippen LogP contribution in [0.4, 0.5) is 13.2 Å². The number of halogens is 3. The number of rotatable bonds is 17. The van der Waals surface area contributed by atoms with Crippen LogP contribution in [0.3, 0.4) is 0 Å². The van der Waals surface area contributed by atoms with E-state index < -0.39 is 52.5 Å². The summed E-state index contributed by atoms with van der Waals surface area (Å²) in [5.41, 5.74) is 2.15. The van der Waals surface area contributed by atoms with Crippen molar-refractivity contribution in [1.82, 2.24) is 19.9 Å². The Bertz CT molecular complexity index is 2060. The Labute approximate surface area is 346 Å². The molecule has 0 radical (unpaired) electrons. The van der Waals surface area contributed by atoms with E-state index in [-0.39, 0.29) is 42.9 Å².